The quantitative estimate of drug-likeness (QED) is 0.393. The van der Waals surface area contributed by atoms with E-state index in [9.17, 15) is 4.79 Å². The van der Waals surface area contributed by atoms with E-state index in [0.29, 0.717) is 6.61 Å². The second-order valence-corrected chi connectivity index (χ2v) is 3.84. The van der Waals surface area contributed by atoms with Gasteiger partial charge in [0.2, 0.25) is 0 Å². The minimum atomic E-state index is -0.479. The smallest absolute Gasteiger partial charge is 0.427 e. The van der Waals surface area contributed by atoms with Gasteiger partial charge < -0.3 is 4.74 Å². The lowest BCUT2D eigenvalue weighted by Crippen LogP contribution is -2.20. The van der Waals surface area contributed by atoms with Crippen molar-refractivity contribution in [3.63, 3.8) is 0 Å². The maximum Gasteiger partial charge on any atom is 0.427 e. The number of nitrogens with one attached hydrogen (secondary N) is 1. The van der Waals surface area contributed by atoms with Crippen LogP contribution in [0.5, 0.6) is 0 Å². The summed E-state index contributed by atoms with van der Waals surface area (Å²) in [4.78, 5) is 10.9. The fraction of sp³-hybridized carbons (Fsp3) is 0.833. The SMILES string of the molecule is CCCCCCC/C(C)=N/NC(=O)OCC. The van der Waals surface area contributed by atoms with Crippen molar-refractivity contribution in [1.29, 1.82) is 0 Å². The van der Waals surface area contributed by atoms with Gasteiger partial charge in [-0.25, -0.2) is 10.2 Å². The zero-order valence-corrected chi connectivity index (χ0v) is 10.7. The van der Waals surface area contributed by atoms with Gasteiger partial charge in [-0.2, -0.15) is 5.10 Å². The molecule has 0 aliphatic carbocycles. The van der Waals surface area contributed by atoms with Gasteiger partial charge in [0.15, 0.2) is 0 Å². The Morgan fingerprint density at radius 2 is 1.88 bits per heavy atom. The Labute approximate surface area is 98.4 Å². The molecule has 0 aromatic carbocycles. The molecule has 0 bridgehead atoms. The summed E-state index contributed by atoms with van der Waals surface area (Å²) in [6, 6.07) is 0. The number of amides is 1. The normalized spacial score (nSPS) is 11.3. The van der Waals surface area contributed by atoms with Gasteiger partial charge in [0.05, 0.1) is 6.61 Å². The van der Waals surface area contributed by atoms with Crippen LogP contribution in [-0.4, -0.2) is 18.4 Å². The van der Waals surface area contributed by atoms with Gasteiger partial charge in [0.1, 0.15) is 0 Å². The number of hydrogen-bond acceptors (Lipinski definition) is 3. The molecule has 0 atom stereocenters. The van der Waals surface area contributed by atoms with Gasteiger partial charge in [-0.15, -0.1) is 0 Å². The minimum absolute atomic E-state index is 0.372. The first-order valence-corrected chi connectivity index (χ1v) is 6.16. The van der Waals surface area contributed by atoms with Crippen molar-refractivity contribution in [2.45, 2.75) is 59.3 Å². The number of ether oxygens (including phenoxy) is 1. The molecule has 0 saturated carbocycles. The standard InChI is InChI=1S/C12H24N2O2/c1-4-6-7-8-9-10-11(3)13-14-12(15)16-5-2/h4-10H2,1-3H3,(H,14,15)/b13-11+. The maximum atomic E-state index is 10.9. The lowest BCUT2D eigenvalue weighted by Gasteiger charge is -2.02. The van der Waals surface area contributed by atoms with Gasteiger partial charge in [-0.3, -0.25) is 0 Å². The largest absolute Gasteiger partial charge is 0.449 e. The minimum Gasteiger partial charge on any atom is -0.449 e. The van der Waals surface area contributed by atoms with E-state index in [1.807, 2.05) is 6.92 Å². The molecule has 1 amide bonds. The predicted octanol–water partition coefficient (Wildman–Crippen LogP) is 3.47. The number of carbonyl (C=O) groups excluding carboxylic acids is 1. The first-order chi connectivity index (χ1) is 7.70. The fourth-order valence-electron chi connectivity index (χ4n) is 1.34. The molecule has 0 saturated heterocycles. The van der Waals surface area contributed by atoms with Crippen LogP contribution < -0.4 is 5.43 Å². The zero-order valence-electron chi connectivity index (χ0n) is 10.7. The number of hydrazone groups is 1. The summed E-state index contributed by atoms with van der Waals surface area (Å²) in [5.74, 6) is 0. The average Bonchev–Trinajstić information content (AvgIpc) is 2.26. The Kier molecular flexibility index (Phi) is 9.76. The molecular weight excluding hydrogens is 204 g/mol. The first kappa shape index (κ1) is 14.9. The molecule has 0 aromatic heterocycles. The Hall–Kier alpha value is -1.06. The highest BCUT2D eigenvalue weighted by Gasteiger charge is 1.98. The van der Waals surface area contributed by atoms with Crippen LogP contribution in [0.4, 0.5) is 4.79 Å². The molecule has 0 heterocycles. The second kappa shape index (κ2) is 10.5. The van der Waals surface area contributed by atoms with Crippen molar-refractivity contribution in [1.82, 2.24) is 5.43 Å². The monoisotopic (exact) mass is 228 g/mol. The van der Waals surface area contributed by atoms with E-state index in [1.54, 1.807) is 6.92 Å². The van der Waals surface area contributed by atoms with Crippen LogP contribution in [0.1, 0.15) is 59.3 Å². The van der Waals surface area contributed by atoms with Gasteiger partial charge in [-0.05, 0) is 26.7 Å². The molecule has 0 radical (unpaired) electrons. The second-order valence-electron chi connectivity index (χ2n) is 3.84. The first-order valence-electron chi connectivity index (χ1n) is 6.16. The molecule has 4 heteroatoms. The number of unbranched alkanes of at least 4 members (excludes halogenated alkanes) is 4. The van der Waals surface area contributed by atoms with Crippen LogP contribution in [-0.2, 0) is 4.74 Å². The summed E-state index contributed by atoms with van der Waals surface area (Å²) in [6.07, 6.45) is 6.69. The molecule has 0 spiro atoms. The van der Waals surface area contributed by atoms with E-state index in [4.69, 9.17) is 4.74 Å². The number of hydrogen-bond donors (Lipinski definition) is 1. The molecule has 0 aliphatic rings. The van der Waals surface area contributed by atoms with Crippen molar-refractivity contribution in [3.05, 3.63) is 0 Å². The molecule has 0 aliphatic heterocycles. The van der Waals surface area contributed by atoms with E-state index in [2.05, 4.69) is 17.5 Å². The summed E-state index contributed by atoms with van der Waals surface area (Å²) < 4.78 is 4.69. The van der Waals surface area contributed by atoms with Crippen LogP contribution in [0.25, 0.3) is 0 Å². The Morgan fingerprint density at radius 3 is 2.50 bits per heavy atom. The molecule has 0 unspecified atom stereocenters. The van der Waals surface area contributed by atoms with Crippen LogP contribution >= 0.6 is 0 Å². The highest BCUT2D eigenvalue weighted by Crippen LogP contribution is 2.05. The molecule has 4 nitrogen and oxygen atoms in total. The van der Waals surface area contributed by atoms with E-state index in [1.165, 1.54) is 25.7 Å². The van der Waals surface area contributed by atoms with E-state index in [0.717, 1.165) is 18.6 Å². The van der Waals surface area contributed by atoms with Crippen molar-refractivity contribution >= 4 is 11.8 Å². The molecule has 1 N–H and O–H groups in total. The van der Waals surface area contributed by atoms with Crippen LogP contribution in [0, 0.1) is 0 Å². The predicted molar refractivity (Wildman–Crippen MR) is 66.6 cm³/mol. The summed E-state index contributed by atoms with van der Waals surface area (Å²) in [5, 5.41) is 3.95. The summed E-state index contributed by atoms with van der Waals surface area (Å²) in [5.41, 5.74) is 3.31. The van der Waals surface area contributed by atoms with Gasteiger partial charge in [0, 0.05) is 5.71 Å². The highest BCUT2D eigenvalue weighted by atomic mass is 16.5. The topological polar surface area (TPSA) is 50.7 Å². The van der Waals surface area contributed by atoms with E-state index >= 15 is 0 Å². The summed E-state index contributed by atoms with van der Waals surface area (Å²) in [7, 11) is 0. The maximum absolute atomic E-state index is 10.9. The molecule has 16 heavy (non-hydrogen) atoms. The summed E-state index contributed by atoms with van der Waals surface area (Å²) >= 11 is 0. The van der Waals surface area contributed by atoms with Gasteiger partial charge in [-0.1, -0.05) is 32.6 Å². The number of carbonyl (C=O) groups is 1. The lowest BCUT2D eigenvalue weighted by molar-refractivity contribution is 0.152. The van der Waals surface area contributed by atoms with Crippen LogP contribution in [0.2, 0.25) is 0 Å². The Bertz CT molecular complexity index is 215. The number of nitrogens with zero attached hydrogens (tertiary/aromatic N) is 1. The van der Waals surface area contributed by atoms with E-state index in [-0.39, 0.29) is 0 Å². The van der Waals surface area contributed by atoms with Crippen molar-refractivity contribution in [3.8, 4) is 0 Å². The molecule has 0 aromatic rings. The zero-order chi connectivity index (χ0) is 12.2. The third-order valence-electron chi connectivity index (χ3n) is 2.26. The third-order valence-corrected chi connectivity index (χ3v) is 2.26. The van der Waals surface area contributed by atoms with Crippen molar-refractivity contribution in [2.24, 2.45) is 5.10 Å². The average molecular weight is 228 g/mol. The van der Waals surface area contributed by atoms with Crippen molar-refractivity contribution in [2.75, 3.05) is 6.61 Å². The fourth-order valence-corrected chi connectivity index (χ4v) is 1.34. The molecule has 94 valence electrons. The van der Waals surface area contributed by atoms with Crippen LogP contribution in [0.3, 0.4) is 0 Å². The molecule has 0 fully saturated rings. The van der Waals surface area contributed by atoms with Gasteiger partial charge >= 0.3 is 6.09 Å². The molecule has 0 rings (SSSR count). The highest BCUT2D eigenvalue weighted by molar-refractivity contribution is 5.83. The van der Waals surface area contributed by atoms with E-state index < -0.39 is 6.09 Å². The van der Waals surface area contributed by atoms with Crippen LogP contribution in [0.15, 0.2) is 5.10 Å². The number of rotatable bonds is 8. The third kappa shape index (κ3) is 9.49. The summed E-state index contributed by atoms with van der Waals surface area (Å²) in [6.45, 7) is 6.27. The Morgan fingerprint density at radius 1 is 1.19 bits per heavy atom. The molecular formula is C12H24N2O2. The lowest BCUT2D eigenvalue weighted by atomic mass is 10.1. The van der Waals surface area contributed by atoms with Gasteiger partial charge in [0.25, 0.3) is 0 Å². The van der Waals surface area contributed by atoms with Crippen molar-refractivity contribution < 1.29 is 9.53 Å². The Balaban J connectivity index is 3.51.